The zero-order valence-electron chi connectivity index (χ0n) is 18.1. The third kappa shape index (κ3) is 4.29. The fourth-order valence-electron chi connectivity index (χ4n) is 3.67. The molecule has 0 atom stereocenters. The van der Waals surface area contributed by atoms with Gasteiger partial charge in [-0.05, 0) is 50.6 Å². The molecule has 0 aliphatic heterocycles. The molecular weight excluding hydrogens is 429 g/mol. The minimum absolute atomic E-state index is 0.180. The molecule has 32 heavy (non-hydrogen) atoms. The normalized spacial score (nSPS) is 11.0. The number of halogens is 2. The van der Waals surface area contributed by atoms with Crippen LogP contribution in [0.2, 0.25) is 5.15 Å². The van der Waals surface area contributed by atoms with Crippen LogP contribution < -0.4 is 5.32 Å². The number of nitrogens with one attached hydrogen (secondary N) is 1. The molecule has 0 saturated carbocycles. The maximum Gasteiger partial charge on any atom is 0.256 e. The number of aryl methyl sites for hydroxylation is 2. The van der Waals surface area contributed by atoms with E-state index in [1.165, 1.54) is 16.8 Å². The molecule has 4 rings (SSSR count). The van der Waals surface area contributed by atoms with Crippen LogP contribution in [-0.2, 0) is 13.1 Å². The van der Waals surface area contributed by atoms with Crippen LogP contribution in [-0.4, -0.2) is 25.5 Å². The SMILES string of the molecule is Cc1nn(Cc2ccccc2)c(C)c1CNC(=O)c1c(C)nn(-c2ccc(F)cc2)c1Cl. The molecule has 0 aliphatic rings. The molecule has 0 fully saturated rings. The van der Waals surface area contributed by atoms with Gasteiger partial charge in [0, 0.05) is 17.8 Å². The van der Waals surface area contributed by atoms with Crippen molar-refractivity contribution < 1.29 is 9.18 Å². The molecule has 0 aliphatic carbocycles. The summed E-state index contributed by atoms with van der Waals surface area (Å²) in [4.78, 5) is 12.9. The van der Waals surface area contributed by atoms with E-state index in [1.54, 1.807) is 19.1 Å². The Balaban J connectivity index is 1.52. The van der Waals surface area contributed by atoms with Crippen LogP contribution in [0.1, 0.15) is 38.6 Å². The Morgan fingerprint density at radius 2 is 1.69 bits per heavy atom. The molecule has 0 saturated heterocycles. The third-order valence-corrected chi connectivity index (χ3v) is 5.78. The molecule has 8 heteroatoms. The highest BCUT2D eigenvalue weighted by Crippen LogP contribution is 2.24. The Labute approximate surface area is 190 Å². The van der Waals surface area contributed by atoms with Gasteiger partial charge in [-0.1, -0.05) is 41.9 Å². The van der Waals surface area contributed by atoms with E-state index in [9.17, 15) is 9.18 Å². The molecule has 2 aromatic carbocycles. The van der Waals surface area contributed by atoms with Gasteiger partial charge in [0.05, 0.1) is 29.2 Å². The number of aromatic nitrogens is 4. The first-order valence-corrected chi connectivity index (χ1v) is 10.6. The number of nitrogens with zero attached hydrogens (tertiary/aromatic N) is 4. The second kappa shape index (κ2) is 8.96. The summed E-state index contributed by atoms with van der Waals surface area (Å²) in [6.07, 6.45) is 0. The monoisotopic (exact) mass is 451 g/mol. The van der Waals surface area contributed by atoms with Crippen molar-refractivity contribution in [3.63, 3.8) is 0 Å². The lowest BCUT2D eigenvalue weighted by molar-refractivity contribution is 0.0950. The maximum absolute atomic E-state index is 13.2. The van der Waals surface area contributed by atoms with E-state index in [2.05, 4.69) is 27.6 Å². The van der Waals surface area contributed by atoms with Crippen molar-refractivity contribution in [3.8, 4) is 5.69 Å². The molecule has 6 nitrogen and oxygen atoms in total. The highest BCUT2D eigenvalue weighted by molar-refractivity contribution is 6.33. The first-order chi connectivity index (χ1) is 15.3. The van der Waals surface area contributed by atoms with Crippen LogP contribution >= 0.6 is 11.6 Å². The quantitative estimate of drug-likeness (QED) is 0.459. The Morgan fingerprint density at radius 3 is 2.38 bits per heavy atom. The zero-order chi connectivity index (χ0) is 22.8. The van der Waals surface area contributed by atoms with Gasteiger partial charge in [-0.25, -0.2) is 9.07 Å². The van der Waals surface area contributed by atoms with Gasteiger partial charge in [0.25, 0.3) is 5.91 Å². The molecule has 0 radical (unpaired) electrons. The van der Waals surface area contributed by atoms with Gasteiger partial charge in [-0.2, -0.15) is 10.2 Å². The molecule has 0 spiro atoms. The van der Waals surface area contributed by atoms with E-state index in [0.29, 0.717) is 30.0 Å². The fourth-order valence-corrected chi connectivity index (χ4v) is 4.03. The summed E-state index contributed by atoms with van der Waals surface area (Å²) in [6.45, 7) is 6.63. The van der Waals surface area contributed by atoms with E-state index >= 15 is 0 Å². The van der Waals surface area contributed by atoms with Gasteiger partial charge in [-0.3, -0.25) is 9.48 Å². The van der Waals surface area contributed by atoms with E-state index in [-0.39, 0.29) is 16.9 Å². The summed E-state index contributed by atoms with van der Waals surface area (Å²) >= 11 is 6.47. The number of carbonyl (C=O) groups is 1. The van der Waals surface area contributed by atoms with Gasteiger partial charge in [0.1, 0.15) is 11.0 Å². The fraction of sp³-hybridized carbons (Fsp3) is 0.208. The number of hydrogen-bond donors (Lipinski definition) is 1. The molecule has 2 aromatic heterocycles. The van der Waals surface area contributed by atoms with E-state index in [4.69, 9.17) is 11.6 Å². The van der Waals surface area contributed by atoms with Crippen LogP contribution in [0.3, 0.4) is 0 Å². The largest absolute Gasteiger partial charge is 0.348 e. The van der Waals surface area contributed by atoms with E-state index < -0.39 is 0 Å². The second-order valence-corrected chi connectivity index (χ2v) is 7.97. The van der Waals surface area contributed by atoms with E-state index in [1.807, 2.05) is 36.7 Å². The summed E-state index contributed by atoms with van der Waals surface area (Å²) in [7, 11) is 0. The predicted molar refractivity (Wildman–Crippen MR) is 122 cm³/mol. The second-order valence-electron chi connectivity index (χ2n) is 7.61. The van der Waals surface area contributed by atoms with Crippen molar-refractivity contribution in [2.75, 3.05) is 0 Å². The summed E-state index contributed by atoms with van der Waals surface area (Å²) in [6, 6.07) is 15.9. The summed E-state index contributed by atoms with van der Waals surface area (Å²) < 4.78 is 16.6. The van der Waals surface area contributed by atoms with Crippen molar-refractivity contribution in [2.45, 2.75) is 33.9 Å². The average Bonchev–Trinajstić information content (AvgIpc) is 3.22. The Hall–Kier alpha value is -3.45. The van der Waals surface area contributed by atoms with Crippen molar-refractivity contribution >= 4 is 17.5 Å². The molecule has 1 N–H and O–H groups in total. The lowest BCUT2D eigenvalue weighted by Crippen LogP contribution is -2.24. The Morgan fingerprint density at radius 1 is 1.00 bits per heavy atom. The molecule has 4 aromatic rings. The van der Waals surface area contributed by atoms with Crippen molar-refractivity contribution in [3.05, 3.63) is 99.3 Å². The average molecular weight is 452 g/mol. The smallest absolute Gasteiger partial charge is 0.256 e. The number of amides is 1. The van der Waals surface area contributed by atoms with Crippen LogP contribution in [0, 0.1) is 26.6 Å². The van der Waals surface area contributed by atoms with Crippen molar-refractivity contribution in [1.82, 2.24) is 24.9 Å². The summed E-state index contributed by atoms with van der Waals surface area (Å²) in [5.74, 6) is -0.680. The molecule has 0 bridgehead atoms. The van der Waals surface area contributed by atoms with Gasteiger partial charge < -0.3 is 5.32 Å². The van der Waals surface area contributed by atoms with E-state index in [0.717, 1.165) is 22.5 Å². The highest BCUT2D eigenvalue weighted by atomic mass is 35.5. The number of hydrogen-bond acceptors (Lipinski definition) is 3. The van der Waals surface area contributed by atoms with Gasteiger partial charge in [0.2, 0.25) is 0 Å². The lowest BCUT2D eigenvalue weighted by atomic mass is 10.1. The van der Waals surface area contributed by atoms with Crippen LogP contribution in [0.4, 0.5) is 4.39 Å². The predicted octanol–water partition coefficient (Wildman–Crippen LogP) is 4.76. The van der Waals surface area contributed by atoms with Crippen molar-refractivity contribution in [1.29, 1.82) is 0 Å². The minimum Gasteiger partial charge on any atom is -0.348 e. The van der Waals surface area contributed by atoms with Gasteiger partial charge >= 0.3 is 0 Å². The minimum atomic E-state index is -0.356. The van der Waals surface area contributed by atoms with Crippen LogP contribution in [0.5, 0.6) is 0 Å². The maximum atomic E-state index is 13.2. The Kier molecular flexibility index (Phi) is 6.10. The molecule has 164 valence electrons. The topological polar surface area (TPSA) is 64.7 Å². The Bertz CT molecular complexity index is 1260. The molecule has 1 amide bonds. The van der Waals surface area contributed by atoms with Gasteiger partial charge in [-0.15, -0.1) is 0 Å². The molecule has 0 unspecified atom stereocenters. The number of rotatable bonds is 6. The standard InChI is InChI=1S/C24H23ClFN5O/c1-15-21(17(3)30(28-15)14-18-7-5-4-6-8-18)13-27-24(32)22-16(2)29-31(23(22)25)20-11-9-19(26)10-12-20/h4-12H,13-14H2,1-3H3,(H,27,32). The number of carbonyl (C=O) groups excluding carboxylic acids is 1. The molecule has 2 heterocycles. The van der Waals surface area contributed by atoms with Crippen LogP contribution in [0.15, 0.2) is 54.6 Å². The van der Waals surface area contributed by atoms with Gasteiger partial charge in [0.15, 0.2) is 0 Å². The highest BCUT2D eigenvalue weighted by Gasteiger charge is 2.22. The third-order valence-electron chi connectivity index (χ3n) is 5.43. The van der Waals surface area contributed by atoms with Crippen molar-refractivity contribution in [2.24, 2.45) is 0 Å². The first kappa shape index (κ1) is 21.8. The lowest BCUT2D eigenvalue weighted by Gasteiger charge is -2.08. The summed E-state index contributed by atoms with van der Waals surface area (Å²) in [5.41, 5.74) is 5.35. The summed E-state index contributed by atoms with van der Waals surface area (Å²) in [5, 5.41) is 12.1. The van der Waals surface area contributed by atoms with Crippen LogP contribution in [0.25, 0.3) is 5.69 Å². The molecular formula is C24H23ClFN5O. The first-order valence-electron chi connectivity index (χ1n) is 10.2. The zero-order valence-corrected chi connectivity index (χ0v) is 18.8. The number of benzene rings is 2.